The van der Waals surface area contributed by atoms with Gasteiger partial charge in [-0.3, -0.25) is 4.90 Å². The number of benzene rings is 1. The highest BCUT2D eigenvalue weighted by Gasteiger charge is 2.46. The van der Waals surface area contributed by atoms with E-state index in [1.807, 2.05) is 6.07 Å². The van der Waals surface area contributed by atoms with Gasteiger partial charge in [-0.15, -0.1) is 0 Å². The number of anilines is 1. The number of likely N-dealkylation sites (tertiary alicyclic amines) is 1. The van der Waals surface area contributed by atoms with E-state index in [0.29, 0.717) is 11.1 Å². The Morgan fingerprint density at radius 3 is 2.71 bits per heavy atom. The van der Waals surface area contributed by atoms with Gasteiger partial charge in [0.05, 0.1) is 5.69 Å². The molecular weight excluding hydrogens is 215 g/mol. The van der Waals surface area contributed by atoms with Crippen molar-refractivity contribution in [3.05, 3.63) is 29.6 Å². The van der Waals surface area contributed by atoms with E-state index < -0.39 is 0 Å². The molecule has 1 N–H and O–H groups in total. The molecule has 1 heterocycles. The predicted octanol–water partition coefficient (Wildman–Crippen LogP) is 2.85. The van der Waals surface area contributed by atoms with Gasteiger partial charge in [-0.05, 0) is 29.9 Å². The van der Waals surface area contributed by atoms with Crippen molar-refractivity contribution < 1.29 is 4.39 Å². The van der Waals surface area contributed by atoms with Crippen molar-refractivity contribution >= 4 is 5.69 Å². The van der Waals surface area contributed by atoms with E-state index in [1.165, 1.54) is 38.4 Å². The number of rotatable bonds is 3. The maximum Gasteiger partial charge on any atom is 0.146 e. The van der Waals surface area contributed by atoms with E-state index >= 15 is 0 Å². The Morgan fingerprint density at radius 2 is 2.12 bits per heavy atom. The summed E-state index contributed by atoms with van der Waals surface area (Å²) in [4.78, 5) is 2.43. The summed E-state index contributed by atoms with van der Waals surface area (Å²) in [6, 6.07) is 5.32. The Morgan fingerprint density at radius 1 is 1.35 bits per heavy atom. The lowest BCUT2D eigenvalue weighted by atomic mass is 9.63. The van der Waals surface area contributed by atoms with Gasteiger partial charge in [0.2, 0.25) is 0 Å². The Labute approximate surface area is 102 Å². The molecule has 2 fully saturated rings. The minimum absolute atomic E-state index is 0.149. The third-order valence-corrected chi connectivity index (χ3v) is 4.28. The molecule has 1 aliphatic heterocycles. The van der Waals surface area contributed by atoms with Crippen molar-refractivity contribution in [1.29, 1.82) is 0 Å². The molecule has 3 rings (SSSR count). The quantitative estimate of drug-likeness (QED) is 0.865. The fourth-order valence-electron chi connectivity index (χ4n) is 3.23. The first-order valence-electron chi connectivity index (χ1n) is 6.40. The molecule has 1 aromatic rings. The van der Waals surface area contributed by atoms with Gasteiger partial charge in [-0.25, -0.2) is 4.39 Å². The van der Waals surface area contributed by atoms with Crippen molar-refractivity contribution in [3.63, 3.8) is 0 Å². The summed E-state index contributed by atoms with van der Waals surface area (Å²) in [7, 11) is 1.78. The van der Waals surface area contributed by atoms with Crippen LogP contribution in [-0.2, 0) is 6.54 Å². The van der Waals surface area contributed by atoms with E-state index in [4.69, 9.17) is 0 Å². The van der Waals surface area contributed by atoms with Crippen LogP contribution in [0.5, 0.6) is 0 Å². The number of nitrogens with one attached hydrogen (secondary N) is 1. The zero-order chi connectivity index (χ0) is 11.9. The van der Waals surface area contributed by atoms with Crippen LogP contribution in [0.2, 0.25) is 0 Å². The number of halogens is 1. The van der Waals surface area contributed by atoms with Crippen LogP contribution in [0.15, 0.2) is 18.2 Å². The molecule has 92 valence electrons. The van der Waals surface area contributed by atoms with Crippen LogP contribution in [0.3, 0.4) is 0 Å². The van der Waals surface area contributed by atoms with Gasteiger partial charge in [0.1, 0.15) is 5.82 Å². The second-order valence-electron chi connectivity index (χ2n) is 5.52. The fraction of sp³-hybridized carbons (Fsp3) is 0.571. The van der Waals surface area contributed by atoms with E-state index in [2.05, 4.69) is 10.2 Å². The predicted molar refractivity (Wildman–Crippen MR) is 67.5 cm³/mol. The fourth-order valence-corrected chi connectivity index (χ4v) is 3.23. The standard InChI is InChI=1S/C14H19FN2/c1-16-13-11(4-2-5-12(13)15)8-17-9-14(10-17)6-3-7-14/h2,4-5,16H,3,6-10H2,1H3. The van der Waals surface area contributed by atoms with Crippen LogP contribution < -0.4 is 5.32 Å². The molecule has 1 saturated carbocycles. The summed E-state index contributed by atoms with van der Waals surface area (Å²) in [5.74, 6) is -0.149. The van der Waals surface area contributed by atoms with Gasteiger partial charge in [0.25, 0.3) is 0 Å². The number of nitrogens with zero attached hydrogens (tertiary/aromatic N) is 1. The number of para-hydroxylation sites is 1. The molecule has 0 aromatic heterocycles. The van der Waals surface area contributed by atoms with Gasteiger partial charge >= 0.3 is 0 Å². The van der Waals surface area contributed by atoms with Crippen LogP contribution in [0, 0.1) is 11.2 Å². The number of hydrogen-bond acceptors (Lipinski definition) is 2. The summed E-state index contributed by atoms with van der Waals surface area (Å²) in [6.07, 6.45) is 4.19. The third kappa shape index (κ3) is 1.82. The van der Waals surface area contributed by atoms with Gasteiger partial charge in [0.15, 0.2) is 0 Å². The average Bonchev–Trinajstić information content (AvgIpc) is 2.20. The van der Waals surface area contributed by atoms with Gasteiger partial charge in [-0.2, -0.15) is 0 Å². The van der Waals surface area contributed by atoms with Crippen LogP contribution in [0.4, 0.5) is 10.1 Å². The molecule has 0 bridgehead atoms. The summed E-state index contributed by atoms with van der Waals surface area (Å²) in [5.41, 5.74) is 2.37. The summed E-state index contributed by atoms with van der Waals surface area (Å²) >= 11 is 0. The van der Waals surface area contributed by atoms with Gasteiger partial charge < -0.3 is 5.32 Å². The lowest BCUT2D eigenvalue weighted by molar-refractivity contribution is -0.0644. The zero-order valence-electron chi connectivity index (χ0n) is 10.3. The molecule has 3 heteroatoms. The van der Waals surface area contributed by atoms with E-state index in [0.717, 1.165) is 12.1 Å². The zero-order valence-corrected chi connectivity index (χ0v) is 10.3. The van der Waals surface area contributed by atoms with Crippen molar-refractivity contribution in [3.8, 4) is 0 Å². The van der Waals surface area contributed by atoms with Crippen molar-refractivity contribution in [2.24, 2.45) is 5.41 Å². The molecule has 1 saturated heterocycles. The van der Waals surface area contributed by atoms with Crippen molar-refractivity contribution in [1.82, 2.24) is 4.90 Å². The lowest BCUT2D eigenvalue weighted by Gasteiger charge is -2.56. The Balaban J connectivity index is 1.67. The van der Waals surface area contributed by atoms with Crippen molar-refractivity contribution in [2.75, 3.05) is 25.5 Å². The van der Waals surface area contributed by atoms with Crippen LogP contribution >= 0.6 is 0 Å². The molecule has 0 unspecified atom stereocenters. The molecule has 0 radical (unpaired) electrons. The SMILES string of the molecule is CNc1c(F)cccc1CN1CC2(CCC2)C1. The van der Waals surface area contributed by atoms with Crippen LogP contribution in [0.25, 0.3) is 0 Å². The smallest absolute Gasteiger partial charge is 0.146 e. The maximum atomic E-state index is 13.6. The van der Waals surface area contributed by atoms with Crippen LogP contribution in [-0.4, -0.2) is 25.0 Å². The molecule has 2 aliphatic rings. The maximum absolute atomic E-state index is 13.6. The number of hydrogen-bond donors (Lipinski definition) is 1. The molecule has 0 amide bonds. The molecule has 17 heavy (non-hydrogen) atoms. The minimum atomic E-state index is -0.149. The normalized spacial score (nSPS) is 22.0. The monoisotopic (exact) mass is 234 g/mol. The summed E-state index contributed by atoms with van der Waals surface area (Å²) in [6.45, 7) is 3.27. The Bertz CT molecular complexity index is 418. The molecular formula is C14H19FN2. The highest BCUT2D eigenvalue weighted by molar-refractivity contribution is 5.52. The second kappa shape index (κ2) is 3.98. The molecule has 1 aliphatic carbocycles. The highest BCUT2D eigenvalue weighted by Crippen LogP contribution is 2.48. The first-order chi connectivity index (χ1) is 8.22. The molecule has 2 nitrogen and oxygen atoms in total. The topological polar surface area (TPSA) is 15.3 Å². The largest absolute Gasteiger partial charge is 0.385 e. The Hall–Kier alpha value is -1.09. The summed E-state index contributed by atoms with van der Waals surface area (Å²) in [5, 5.41) is 2.96. The average molecular weight is 234 g/mol. The molecule has 0 atom stereocenters. The lowest BCUT2D eigenvalue weighted by Crippen LogP contribution is -2.58. The first-order valence-corrected chi connectivity index (χ1v) is 6.40. The van der Waals surface area contributed by atoms with E-state index in [9.17, 15) is 4.39 Å². The van der Waals surface area contributed by atoms with E-state index in [-0.39, 0.29) is 5.82 Å². The summed E-state index contributed by atoms with van der Waals surface area (Å²) < 4.78 is 13.6. The molecule has 1 spiro atoms. The second-order valence-corrected chi connectivity index (χ2v) is 5.52. The Kier molecular flexibility index (Phi) is 2.58. The van der Waals surface area contributed by atoms with E-state index in [1.54, 1.807) is 13.1 Å². The van der Waals surface area contributed by atoms with Crippen LogP contribution in [0.1, 0.15) is 24.8 Å². The molecule has 1 aromatic carbocycles. The van der Waals surface area contributed by atoms with Gasteiger partial charge in [-0.1, -0.05) is 18.6 Å². The minimum Gasteiger partial charge on any atom is -0.385 e. The highest BCUT2D eigenvalue weighted by atomic mass is 19.1. The third-order valence-electron chi connectivity index (χ3n) is 4.28. The van der Waals surface area contributed by atoms with Crippen molar-refractivity contribution in [2.45, 2.75) is 25.8 Å². The van der Waals surface area contributed by atoms with Gasteiger partial charge in [0, 0.05) is 26.7 Å². The first kappa shape index (κ1) is 11.0.